The first kappa shape index (κ1) is 17.0. The third kappa shape index (κ3) is 4.38. The number of amides is 3. The lowest BCUT2D eigenvalue weighted by atomic mass is 9.77. The molecule has 2 aromatic rings. The molecule has 0 unspecified atom stereocenters. The van der Waals surface area contributed by atoms with Crippen molar-refractivity contribution in [3.8, 4) is 0 Å². The summed E-state index contributed by atoms with van der Waals surface area (Å²) in [5.41, 5.74) is 7.70. The van der Waals surface area contributed by atoms with Gasteiger partial charge in [0.15, 0.2) is 0 Å². The second-order valence-corrected chi connectivity index (χ2v) is 6.47. The number of urea groups is 1. The van der Waals surface area contributed by atoms with Gasteiger partial charge in [-0.15, -0.1) is 0 Å². The zero-order valence-electron chi connectivity index (χ0n) is 14.1. The van der Waals surface area contributed by atoms with E-state index >= 15 is 0 Å². The van der Waals surface area contributed by atoms with Gasteiger partial charge in [-0.3, -0.25) is 4.79 Å². The lowest BCUT2D eigenvalue weighted by Crippen LogP contribution is -2.41. The molecule has 1 aliphatic rings. The Balaban J connectivity index is 1.60. The molecule has 5 nitrogen and oxygen atoms in total. The fourth-order valence-corrected chi connectivity index (χ4v) is 3.12. The highest BCUT2D eigenvalue weighted by Gasteiger charge is 2.29. The molecule has 25 heavy (non-hydrogen) atoms. The molecule has 1 fully saturated rings. The number of nitrogens with one attached hydrogen (secondary N) is 2. The van der Waals surface area contributed by atoms with Crippen molar-refractivity contribution < 1.29 is 9.59 Å². The second-order valence-electron chi connectivity index (χ2n) is 6.47. The number of nitrogens with two attached hydrogens (primary N) is 1. The van der Waals surface area contributed by atoms with Gasteiger partial charge in [-0.25, -0.2) is 4.79 Å². The van der Waals surface area contributed by atoms with Crippen molar-refractivity contribution in [2.45, 2.75) is 31.8 Å². The smallest absolute Gasteiger partial charge is 0.315 e. The summed E-state index contributed by atoms with van der Waals surface area (Å²) in [6.07, 6.45) is 3.50. The summed E-state index contributed by atoms with van der Waals surface area (Å²) in [5.74, 6) is 0.0202. The Kier molecular flexibility index (Phi) is 5.33. The summed E-state index contributed by atoms with van der Waals surface area (Å²) in [6.45, 7) is 0.346. The first-order chi connectivity index (χ1) is 12.1. The second kappa shape index (κ2) is 7.83. The predicted octanol–water partition coefficient (Wildman–Crippen LogP) is 3.13. The van der Waals surface area contributed by atoms with Gasteiger partial charge in [0.1, 0.15) is 0 Å². The van der Waals surface area contributed by atoms with Gasteiger partial charge in [0.2, 0.25) is 5.91 Å². The van der Waals surface area contributed by atoms with Crippen molar-refractivity contribution in [2.75, 3.05) is 0 Å². The van der Waals surface area contributed by atoms with Gasteiger partial charge in [0.05, 0.1) is 6.04 Å². The van der Waals surface area contributed by atoms with E-state index in [-0.39, 0.29) is 12.1 Å². The molecule has 5 heteroatoms. The summed E-state index contributed by atoms with van der Waals surface area (Å²) in [4.78, 5) is 23.6. The Labute approximate surface area is 147 Å². The Morgan fingerprint density at radius 2 is 1.84 bits per heavy atom. The monoisotopic (exact) mass is 337 g/mol. The van der Waals surface area contributed by atoms with Crippen LogP contribution in [0.25, 0.3) is 0 Å². The molecule has 0 spiro atoms. The zero-order valence-corrected chi connectivity index (χ0v) is 14.1. The number of benzene rings is 2. The summed E-state index contributed by atoms with van der Waals surface area (Å²) in [6, 6.07) is 16.9. The van der Waals surface area contributed by atoms with E-state index in [0.29, 0.717) is 18.0 Å². The standard InChI is InChI=1S/C20H23N3O2/c21-19(24)17-11-4-6-14(12-17)13-22-20(25)23-18(16-9-5-10-16)15-7-2-1-3-8-15/h1-4,6-8,11-12,16,18H,5,9-10,13H2,(H2,21,24)(H2,22,23,25)/t18-/m0/s1. The van der Waals surface area contributed by atoms with E-state index in [0.717, 1.165) is 24.0 Å². The van der Waals surface area contributed by atoms with Crippen LogP contribution in [0, 0.1) is 5.92 Å². The van der Waals surface area contributed by atoms with Crippen LogP contribution in [0.3, 0.4) is 0 Å². The number of carbonyl (C=O) groups is 2. The maximum atomic E-state index is 12.3. The first-order valence-electron chi connectivity index (χ1n) is 8.61. The zero-order chi connectivity index (χ0) is 17.6. The van der Waals surface area contributed by atoms with Crippen LogP contribution in [0.4, 0.5) is 4.79 Å². The Morgan fingerprint density at radius 3 is 2.48 bits per heavy atom. The molecule has 0 bridgehead atoms. The van der Waals surface area contributed by atoms with Crippen LogP contribution in [-0.4, -0.2) is 11.9 Å². The fourth-order valence-electron chi connectivity index (χ4n) is 3.12. The molecule has 3 amide bonds. The molecule has 1 saturated carbocycles. The van der Waals surface area contributed by atoms with Gasteiger partial charge in [-0.05, 0) is 42.0 Å². The van der Waals surface area contributed by atoms with Crippen molar-refractivity contribution in [1.82, 2.24) is 10.6 Å². The number of primary amides is 1. The minimum Gasteiger partial charge on any atom is -0.366 e. The van der Waals surface area contributed by atoms with Crippen molar-refractivity contribution in [3.63, 3.8) is 0 Å². The SMILES string of the molecule is NC(=O)c1cccc(CNC(=O)N[C@@H](c2ccccc2)C2CCC2)c1. The average Bonchev–Trinajstić information content (AvgIpc) is 2.59. The van der Waals surface area contributed by atoms with Gasteiger partial charge < -0.3 is 16.4 Å². The third-order valence-electron chi connectivity index (χ3n) is 4.73. The number of hydrogen-bond donors (Lipinski definition) is 3. The van der Waals surface area contributed by atoms with Gasteiger partial charge >= 0.3 is 6.03 Å². The minimum absolute atomic E-state index is 0.0342. The molecule has 2 aromatic carbocycles. The molecule has 4 N–H and O–H groups in total. The first-order valence-corrected chi connectivity index (χ1v) is 8.61. The number of hydrogen-bond acceptors (Lipinski definition) is 2. The molecule has 130 valence electrons. The van der Waals surface area contributed by atoms with E-state index in [1.807, 2.05) is 24.3 Å². The molecule has 0 heterocycles. The molecule has 0 aromatic heterocycles. The number of rotatable bonds is 6. The molecule has 1 atom stereocenters. The molecular weight excluding hydrogens is 314 g/mol. The average molecular weight is 337 g/mol. The number of carbonyl (C=O) groups excluding carboxylic acids is 2. The van der Waals surface area contributed by atoms with Gasteiger partial charge in [0.25, 0.3) is 0 Å². The van der Waals surface area contributed by atoms with Crippen LogP contribution < -0.4 is 16.4 Å². The quantitative estimate of drug-likeness (QED) is 0.756. The van der Waals surface area contributed by atoms with E-state index in [1.54, 1.807) is 18.2 Å². The lowest BCUT2D eigenvalue weighted by Gasteiger charge is -2.34. The summed E-state index contributed by atoms with van der Waals surface area (Å²) < 4.78 is 0. The predicted molar refractivity (Wildman–Crippen MR) is 96.9 cm³/mol. The Hall–Kier alpha value is -2.82. The van der Waals surface area contributed by atoms with E-state index in [9.17, 15) is 9.59 Å². The Bertz CT molecular complexity index is 742. The van der Waals surface area contributed by atoms with E-state index in [2.05, 4.69) is 22.8 Å². The van der Waals surface area contributed by atoms with E-state index < -0.39 is 5.91 Å². The van der Waals surface area contributed by atoms with E-state index in [4.69, 9.17) is 5.73 Å². The Morgan fingerprint density at radius 1 is 1.08 bits per heavy atom. The van der Waals surface area contributed by atoms with Crippen molar-refractivity contribution >= 4 is 11.9 Å². The van der Waals surface area contributed by atoms with Gasteiger partial charge in [0, 0.05) is 12.1 Å². The van der Waals surface area contributed by atoms with Crippen LogP contribution in [-0.2, 0) is 6.54 Å². The van der Waals surface area contributed by atoms with Crippen molar-refractivity contribution in [2.24, 2.45) is 11.7 Å². The summed E-state index contributed by atoms with van der Waals surface area (Å²) in [5, 5.41) is 5.97. The molecule has 0 saturated heterocycles. The maximum Gasteiger partial charge on any atom is 0.315 e. The summed E-state index contributed by atoms with van der Waals surface area (Å²) in [7, 11) is 0. The molecule has 0 radical (unpaired) electrons. The fraction of sp³-hybridized carbons (Fsp3) is 0.300. The van der Waals surface area contributed by atoms with Crippen LogP contribution >= 0.6 is 0 Å². The topological polar surface area (TPSA) is 84.2 Å². The minimum atomic E-state index is -0.472. The highest BCUT2D eigenvalue weighted by molar-refractivity contribution is 5.92. The molecule has 1 aliphatic carbocycles. The molecular formula is C20H23N3O2. The molecule has 3 rings (SSSR count). The van der Waals surface area contributed by atoms with Crippen molar-refractivity contribution in [1.29, 1.82) is 0 Å². The highest BCUT2D eigenvalue weighted by Crippen LogP contribution is 2.37. The largest absolute Gasteiger partial charge is 0.366 e. The van der Waals surface area contributed by atoms with Gasteiger partial charge in [-0.2, -0.15) is 0 Å². The van der Waals surface area contributed by atoms with Crippen molar-refractivity contribution in [3.05, 3.63) is 71.3 Å². The third-order valence-corrected chi connectivity index (χ3v) is 4.73. The maximum absolute atomic E-state index is 12.3. The van der Waals surface area contributed by atoms with Crippen LogP contribution in [0.15, 0.2) is 54.6 Å². The van der Waals surface area contributed by atoms with E-state index in [1.165, 1.54) is 6.42 Å². The highest BCUT2D eigenvalue weighted by atomic mass is 16.2. The van der Waals surface area contributed by atoms with Gasteiger partial charge in [-0.1, -0.05) is 48.9 Å². The van der Waals surface area contributed by atoms with Crippen LogP contribution in [0.5, 0.6) is 0 Å². The van der Waals surface area contributed by atoms with Crippen LogP contribution in [0.2, 0.25) is 0 Å². The van der Waals surface area contributed by atoms with Crippen LogP contribution in [0.1, 0.15) is 46.8 Å². The lowest BCUT2D eigenvalue weighted by molar-refractivity contribution is 0.1000. The molecule has 0 aliphatic heterocycles. The summed E-state index contributed by atoms with van der Waals surface area (Å²) >= 11 is 0. The normalized spacial score (nSPS) is 15.0.